The first-order valence-corrected chi connectivity index (χ1v) is 15.4. The minimum absolute atomic E-state index is 0.610. The first-order valence-electron chi connectivity index (χ1n) is 15.4. The summed E-state index contributed by atoms with van der Waals surface area (Å²) in [6.07, 6.45) is 1.79. The third kappa shape index (κ3) is 4.80. The maximum Gasteiger partial charge on any atom is 0.164 e. The zero-order chi connectivity index (χ0) is 31.2. The van der Waals surface area contributed by atoms with Crippen molar-refractivity contribution in [2.24, 2.45) is 0 Å². The quantitative estimate of drug-likeness (QED) is 0.195. The molecule has 0 aliphatic carbocycles. The fourth-order valence-electron chi connectivity index (χ4n) is 6.10. The topological polar surface area (TPSA) is 77.6 Å². The number of hydrogen-bond donors (Lipinski definition) is 0. The molecule has 0 saturated carbocycles. The standard InChI is InChI=1S/C41H25N5O/c1-3-11-27(12-4-1)39-44-40(28-13-5-2-6-14-28)46-41(45-39)29-21-19-26(20-22-29)33-25-30-15-7-8-16-31(30)37(43-33)38-36-32-17-9-10-18-34(32)47-35(36)23-24-42-38/h1-25H. The van der Waals surface area contributed by atoms with E-state index < -0.39 is 0 Å². The maximum atomic E-state index is 6.19. The van der Waals surface area contributed by atoms with Crippen molar-refractivity contribution < 1.29 is 4.42 Å². The Morgan fingerprint density at radius 2 is 0.957 bits per heavy atom. The van der Waals surface area contributed by atoms with Crippen LogP contribution in [0.1, 0.15) is 0 Å². The summed E-state index contributed by atoms with van der Waals surface area (Å²) in [4.78, 5) is 24.7. The molecule has 0 fully saturated rings. The van der Waals surface area contributed by atoms with Crippen molar-refractivity contribution in [1.29, 1.82) is 0 Å². The van der Waals surface area contributed by atoms with Crippen LogP contribution in [-0.4, -0.2) is 24.9 Å². The lowest BCUT2D eigenvalue weighted by molar-refractivity contribution is 0.668. The average Bonchev–Trinajstić information content (AvgIpc) is 3.54. The lowest BCUT2D eigenvalue weighted by Crippen LogP contribution is -2.00. The molecule has 4 aromatic heterocycles. The van der Waals surface area contributed by atoms with E-state index in [1.54, 1.807) is 6.20 Å². The highest BCUT2D eigenvalue weighted by Gasteiger charge is 2.18. The first-order chi connectivity index (χ1) is 23.3. The maximum absolute atomic E-state index is 6.19. The largest absolute Gasteiger partial charge is 0.456 e. The Kier molecular flexibility index (Phi) is 6.35. The van der Waals surface area contributed by atoms with Crippen LogP contribution < -0.4 is 0 Å². The van der Waals surface area contributed by atoms with E-state index in [1.807, 2.05) is 103 Å². The third-order valence-corrected chi connectivity index (χ3v) is 8.39. The van der Waals surface area contributed by atoms with Crippen molar-refractivity contribution in [1.82, 2.24) is 24.9 Å². The summed E-state index contributed by atoms with van der Waals surface area (Å²) >= 11 is 0. The van der Waals surface area contributed by atoms with Crippen molar-refractivity contribution in [2.45, 2.75) is 0 Å². The second-order valence-corrected chi connectivity index (χ2v) is 11.3. The van der Waals surface area contributed by atoms with Gasteiger partial charge in [0, 0.05) is 39.2 Å². The first kappa shape index (κ1) is 26.8. The minimum Gasteiger partial charge on any atom is -0.456 e. The molecule has 0 radical (unpaired) electrons. The molecule has 0 aliphatic rings. The van der Waals surface area contributed by atoms with Crippen molar-refractivity contribution >= 4 is 32.7 Å². The van der Waals surface area contributed by atoms with E-state index >= 15 is 0 Å². The monoisotopic (exact) mass is 603 g/mol. The Morgan fingerprint density at radius 1 is 0.404 bits per heavy atom. The van der Waals surface area contributed by atoms with Gasteiger partial charge in [-0.25, -0.2) is 19.9 Å². The number of nitrogens with zero attached hydrogens (tertiary/aromatic N) is 5. The Hall–Kier alpha value is -6.53. The van der Waals surface area contributed by atoms with E-state index in [4.69, 9.17) is 29.3 Å². The molecule has 6 nitrogen and oxygen atoms in total. The van der Waals surface area contributed by atoms with E-state index in [0.29, 0.717) is 17.5 Å². The Labute approximate surface area is 270 Å². The number of rotatable bonds is 5. The van der Waals surface area contributed by atoms with Gasteiger partial charge in [-0.15, -0.1) is 0 Å². The van der Waals surface area contributed by atoms with Crippen molar-refractivity contribution in [3.63, 3.8) is 0 Å². The number of pyridine rings is 2. The molecule has 9 rings (SSSR count). The molecule has 0 amide bonds. The van der Waals surface area contributed by atoms with Crippen molar-refractivity contribution in [2.75, 3.05) is 0 Å². The lowest BCUT2D eigenvalue weighted by Gasteiger charge is -2.11. The van der Waals surface area contributed by atoms with Crippen LogP contribution in [0.15, 0.2) is 156 Å². The van der Waals surface area contributed by atoms with E-state index in [-0.39, 0.29) is 0 Å². The van der Waals surface area contributed by atoms with E-state index in [9.17, 15) is 0 Å². The molecule has 9 aromatic rings. The zero-order valence-corrected chi connectivity index (χ0v) is 25.1. The van der Waals surface area contributed by atoms with Gasteiger partial charge in [0.1, 0.15) is 16.9 Å². The Balaban J connectivity index is 1.17. The second-order valence-electron chi connectivity index (χ2n) is 11.3. The number of benzene rings is 5. The molecule has 0 unspecified atom stereocenters. The predicted octanol–water partition coefficient (Wildman–Crippen LogP) is 10.0. The fraction of sp³-hybridized carbons (Fsp3) is 0. The smallest absolute Gasteiger partial charge is 0.164 e. The highest BCUT2D eigenvalue weighted by Crippen LogP contribution is 2.38. The predicted molar refractivity (Wildman–Crippen MR) is 187 cm³/mol. The van der Waals surface area contributed by atoms with Crippen LogP contribution >= 0.6 is 0 Å². The number of aromatic nitrogens is 5. The summed E-state index contributed by atoms with van der Waals surface area (Å²) in [5.74, 6) is 1.87. The Bertz CT molecular complexity index is 2500. The highest BCUT2D eigenvalue weighted by molar-refractivity contribution is 6.13. The number of hydrogen-bond acceptors (Lipinski definition) is 6. The minimum atomic E-state index is 0.610. The van der Waals surface area contributed by atoms with Crippen molar-refractivity contribution in [3.05, 3.63) is 152 Å². The average molecular weight is 604 g/mol. The van der Waals surface area contributed by atoms with Crippen LogP contribution in [0.3, 0.4) is 0 Å². The normalized spacial score (nSPS) is 11.4. The summed E-state index contributed by atoms with van der Waals surface area (Å²) in [6, 6.07) is 48.7. The van der Waals surface area contributed by atoms with Crippen LogP contribution in [0.4, 0.5) is 0 Å². The molecule has 0 bridgehead atoms. The SMILES string of the molecule is c1ccc(-c2nc(-c3ccccc3)nc(-c3ccc(-c4cc5ccccc5c(-c5nccc6oc7ccccc7c56)n4)cc3)n2)cc1. The van der Waals surface area contributed by atoms with Gasteiger partial charge in [-0.2, -0.15) is 0 Å². The molecule has 47 heavy (non-hydrogen) atoms. The fourth-order valence-corrected chi connectivity index (χ4v) is 6.10. The van der Waals surface area contributed by atoms with Gasteiger partial charge in [-0.1, -0.05) is 127 Å². The van der Waals surface area contributed by atoms with Crippen LogP contribution in [0, 0.1) is 0 Å². The van der Waals surface area contributed by atoms with Crippen molar-refractivity contribution in [3.8, 4) is 56.8 Å². The van der Waals surface area contributed by atoms with Gasteiger partial charge in [-0.3, -0.25) is 4.98 Å². The molecular weight excluding hydrogens is 578 g/mol. The summed E-state index contributed by atoms with van der Waals surface area (Å²) in [5.41, 5.74) is 7.83. The van der Waals surface area contributed by atoms with Gasteiger partial charge in [0.2, 0.25) is 0 Å². The lowest BCUT2D eigenvalue weighted by atomic mass is 10.0. The van der Waals surface area contributed by atoms with Crippen LogP contribution in [0.25, 0.3) is 89.5 Å². The van der Waals surface area contributed by atoms with Crippen LogP contribution in [0.5, 0.6) is 0 Å². The molecule has 0 spiro atoms. The van der Waals surface area contributed by atoms with Gasteiger partial charge < -0.3 is 4.42 Å². The van der Waals surface area contributed by atoms with E-state index in [0.717, 1.165) is 72.0 Å². The second kappa shape index (κ2) is 11.1. The molecule has 0 atom stereocenters. The van der Waals surface area contributed by atoms with Gasteiger partial charge in [0.15, 0.2) is 17.5 Å². The summed E-state index contributed by atoms with van der Waals surface area (Å²) in [7, 11) is 0. The highest BCUT2D eigenvalue weighted by atomic mass is 16.3. The number of para-hydroxylation sites is 1. The van der Waals surface area contributed by atoms with Gasteiger partial charge in [-0.05, 0) is 23.6 Å². The summed E-state index contributed by atoms with van der Waals surface area (Å²) in [6.45, 7) is 0. The van der Waals surface area contributed by atoms with E-state index in [1.165, 1.54) is 0 Å². The molecule has 220 valence electrons. The molecule has 4 heterocycles. The molecule has 0 N–H and O–H groups in total. The molecule has 0 saturated heterocycles. The third-order valence-electron chi connectivity index (χ3n) is 8.39. The number of furan rings is 1. The Morgan fingerprint density at radius 3 is 1.64 bits per heavy atom. The molecular formula is C41H25N5O. The molecule has 0 aliphatic heterocycles. The van der Waals surface area contributed by atoms with Crippen LogP contribution in [-0.2, 0) is 0 Å². The molecule has 5 aromatic carbocycles. The van der Waals surface area contributed by atoms with Gasteiger partial charge in [0.05, 0.1) is 16.8 Å². The number of fused-ring (bicyclic) bond motifs is 4. The molecule has 6 heteroatoms. The zero-order valence-electron chi connectivity index (χ0n) is 25.1. The van der Waals surface area contributed by atoms with Gasteiger partial charge >= 0.3 is 0 Å². The van der Waals surface area contributed by atoms with E-state index in [2.05, 4.69) is 42.5 Å². The summed E-state index contributed by atoms with van der Waals surface area (Å²) < 4.78 is 6.19. The summed E-state index contributed by atoms with van der Waals surface area (Å²) in [5, 5.41) is 4.10. The van der Waals surface area contributed by atoms with Crippen LogP contribution in [0.2, 0.25) is 0 Å². The van der Waals surface area contributed by atoms with Gasteiger partial charge in [0.25, 0.3) is 0 Å².